The van der Waals surface area contributed by atoms with Gasteiger partial charge < -0.3 is 10.2 Å². The predicted molar refractivity (Wildman–Crippen MR) is 90.5 cm³/mol. The van der Waals surface area contributed by atoms with Gasteiger partial charge in [-0.25, -0.2) is 0 Å². The third-order valence-electron chi connectivity index (χ3n) is 4.18. The maximum atomic E-state index is 6.40. The van der Waals surface area contributed by atoms with E-state index in [0.29, 0.717) is 6.04 Å². The lowest BCUT2D eigenvalue weighted by molar-refractivity contribution is 0.252. The Balaban J connectivity index is 2.02. The Bertz CT molecular complexity index is 438. The van der Waals surface area contributed by atoms with Crippen LogP contribution in [0.25, 0.3) is 0 Å². The number of benzene rings is 1. The number of hydrogen-bond acceptors (Lipinski definition) is 2. The first-order valence-electron chi connectivity index (χ1n) is 7.54. The molecule has 0 amide bonds. The van der Waals surface area contributed by atoms with Crippen LogP contribution in [0.3, 0.4) is 0 Å². The summed E-state index contributed by atoms with van der Waals surface area (Å²) in [6.07, 6.45) is 3.79. The first kappa shape index (κ1) is 16.3. The van der Waals surface area contributed by atoms with Crippen LogP contribution in [0, 0.1) is 0 Å². The third kappa shape index (κ3) is 4.20. The topological polar surface area (TPSA) is 15.3 Å². The molecular formula is C16H24BrClN2. The lowest BCUT2D eigenvalue weighted by Crippen LogP contribution is -2.31. The van der Waals surface area contributed by atoms with Crippen LogP contribution in [0.5, 0.6) is 0 Å². The summed E-state index contributed by atoms with van der Waals surface area (Å²) in [5.41, 5.74) is 1.21. The van der Waals surface area contributed by atoms with Gasteiger partial charge in [0.05, 0.1) is 0 Å². The van der Waals surface area contributed by atoms with Gasteiger partial charge >= 0.3 is 0 Å². The first-order chi connectivity index (χ1) is 9.61. The van der Waals surface area contributed by atoms with Gasteiger partial charge in [-0.1, -0.05) is 40.5 Å². The minimum absolute atomic E-state index is 0.341. The zero-order valence-corrected chi connectivity index (χ0v) is 14.7. The Kier molecular flexibility index (Phi) is 6.34. The summed E-state index contributed by atoms with van der Waals surface area (Å²) >= 11 is 9.87. The highest BCUT2D eigenvalue weighted by Crippen LogP contribution is 2.29. The number of rotatable bonds is 6. The molecular weight excluding hydrogens is 336 g/mol. The Hall–Kier alpha value is -0.0900. The quantitative estimate of drug-likeness (QED) is 0.796. The molecule has 0 spiro atoms. The molecule has 0 aromatic heterocycles. The van der Waals surface area contributed by atoms with Gasteiger partial charge in [-0.05, 0) is 57.0 Å². The molecule has 1 saturated heterocycles. The number of likely N-dealkylation sites (tertiary alicyclic amines) is 1. The van der Waals surface area contributed by atoms with E-state index in [2.05, 4.69) is 52.1 Å². The highest BCUT2D eigenvalue weighted by molar-refractivity contribution is 9.10. The number of halogens is 2. The predicted octanol–water partition coefficient (Wildman–Crippen LogP) is 4.63. The average molecular weight is 360 g/mol. The van der Waals surface area contributed by atoms with Crippen LogP contribution < -0.4 is 5.32 Å². The molecule has 0 saturated carbocycles. The van der Waals surface area contributed by atoms with Gasteiger partial charge in [0.25, 0.3) is 0 Å². The summed E-state index contributed by atoms with van der Waals surface area (Å²) in [6, 6.07) is 7.27. The van der Waals surface area contributed by atoms with Crippen LogP contribution in [-0.2, 0) is 0 Å². The molecule has 1 fully saturated rings. The Morgan fingerprint density at radius 3 is 2.90 bits per heavy atom. The highest BCUT2D eigenvalue weighted by Gasteiger charge is 2.22. The summed E-state index contributed by atoms with van der Waals surface area (Å²) in [7, 11) is 0. The number of nitrogens with one attached hydrogen (secondary N) is 1. The maximum absolute atomic E-state index is 6.40. The van der Waals surface area contributed by atoms with Gasteiger partial charge in [-0.15, -0.1) is 0 Å². The molecule has 2 unspecified atom stereocenters. The highest BCUT2D eigenvalue weighted by atomic mass is 79.9. The van der Waals surface area contributed by atoms with E-state index < -0.39 is 0 Å². The molecule has 4 heteroatoms. The molecule has 0 aliphatic carbocycles. The summed E-state index contributed by atoms with van der Waals surface area (Å²) in [5.74, 6) is 0. The van der Waals surface area contributed by atoms with Gasteiger partial charge in [0, 0.05) is 28.1 Å². The molecule has 2 nitrogen and oxygen atoms in total. The zero-order chi connectivity index (χ0) is 14.5. The van der Waals surface area contributed by atoms with Crippen LogP contribution in [0.1, 0.15) is 44.7 Å². The standard InChI is InChI=1S/C16H24BrClN2/c1-3-19-16(8-10-20-9-4-5-12(20)2)14-7-6-13(17)11-15(14)18/h6-7,11-12,16,19H,3-5,8-10H2,1-2H3. The van der Waals surface area contributed by atoms with E-state index >= 15 is 0 Å². The normalized spacial score (nSPS) is 21.3. The summed E-state index contributed by atoms with van der Waals surface area (Å²) in [4.78, 5) is 2.59. The Morgan fingerprint density at radius 2 is 2.30 bits per heavy atom. The van der Waals surface area contributed by atoms with E-state index in [0.717, 1.165) is 35.0 Å². The summed E-state index contributed by atoms with van der Waals surface area (Å²) in [5, 5.41) is 4.42. The fourth-order valence-electron chi connectivity index (χ4n) is 3.02. The van der Waals surface area contributed by atoms with Crippen molar-refractivity contribution in [3.63, 3.8) is 0 Å². The van der Waals surface area contributed by atoms with Crippen LogP contribution in [0.15, 0.2) is 22.7 Å². The van der Waals surface area contributed by atoms with E-state index in [-0.39, 0.29) is 0 Å². The maximum Gasteiger partial charge on any atom is 0.0465 e. The van der Waals surface area contributed by atoms with Gasteiger partial charge in [0.2, 0.25) is 0 Å². The molecule has 2 rings (SSSR count). The second-order valence-electron chi connectivity index (χ2n) is 5.59. The van der Waals surface area contributed by atoms with E-state index in [1.165, 1.54) is 24.9 Å². The van der Waals surface area contributed by atoms with Crippen molar-refractivity contribution >= 4 is 27.5 Å². The second-order valence-corrected chi connectivity index (χ2v) is 6.91. The molecule has 1 aliphatic heterocycles. The molecule has 1 aromatic carbocycles. The lowest BCUT2D eigenvalue weighted by Gasteiger charge is -2.25. The minimum Gasteiger partial charge on any atom is -0.310 e. The molecule has 2 atom stereocenters. The lowest BCUT2D eigenvalue weighted by atomic mass is 10.0. The monoisotopic (exact) mass is 358 g/mol. The van der Waals surface area contributed by atoms with Crippen molar-refractivity contribution in [2.24, 2.45) is 0 Å². The molecule has 1 N–H and O–H groups in total. The molecule has 0 radical (unpaired) electrons. The average Bonchev–Trinajstić information content (AvgIpc) is 2.81. The Labute approximate surface area is 136 Å². The van der Waals surface area contributed by atoms with Crippen LogP contribution in [0.2, 0.25) is 5.02 Å². The minimum atomic E-state index is 0.341. The summed E-state index contributed by atoms with van der Waals surface area (Å²) < 4.78 is 1.04. The van der Waals surface area contributed by atoms with Crippen LogP contribution in [-0.4, -0.2) is 30.6 Å². The SMILES string of the molecule is CCNC(CCN1CCCC1C)c1ccc(Br)cc1Cl. The smallest absolute Gasteiger partial charge is 0.0465 e. The number of hydrogen-bond donors (Lipinski definition) is 1. The van der Waals surface area contributed by atoms with Crippen molar-refractivity contribution < 1.29 is 0 Å². The van der Waals surface area contributed by atoms with Gasteiger partial charge in [0.15, 0.2) is 0 Å². The van der Waals surface area contributed by atoms with Crippen molar-refractivity contribution in [1.82, 2.24) is 10.2 Å². The molecule has 0 bridgehead atoms. The molecule has 1 aliphatic rings. The molecule has 1 heterocycles. The number of nitrogens with zero attached hydrogens (tertiary/aromatic N) is 1. The van der Waals surface area contributed by atoms with Crippen molar-refractivity contribution in [1.29, 1.82) is 0 Å². The largest absolute Gasteiger partial charge is 0.310 e. The van der Waals surface area contributed by atoms with Crippen LogP contribution in [0.4, 0.5) is 0 Å². The third-order valence-corrected chi connectivity index (χ3v) is 5.00. The van der Waals surface area contributed by atoms with Crippen molar-refractivity contribution in [2.45, 2.75) is 45.2 Å². The van der Waals surface area contributed by atoms with Gasteiger partial charge in [-0.3, -0.25) is 0 Å². The van der Waals surface area contributed by atoms with Gasteiger partial charge in [-0.2, -0.15) is 0 Å². The van der Waals surface area contributed by atoms with Crippen LogP contribution >= 0.6 is 27.5 Å². The zero-order valence-electron chi connectivity index (χ0n) is 12.3. The van der Waals surface area contributed by atoms with Gasteiger partial charge in [0.1, 0.15) is 0 Å². The van der Waals surface area contributed by atoms with E-state index in [1.807, 2.05) is 6.07 Å². The fourth-order valence-corrected chi connectivity index (χ4v) is 3.82. The van der Waals surface area contributed by atoms with E-state index in [1.54, 1.807) is 0 Å². The van der Waals surface area contributed by atoms with Crippen molar-refractivity contribution in [2.75, 3.05) is 19.6 Å². The first-order valence-corrected chi connectivity index (χ1v) is 8.71. The van der Waals surface area contributed by atoms with Crippen molar-refractivity contribution in [3.8, 4) is 0 Å². The van der Waals surface area contributed by atoms with E-state index in [4.69, 9.17) is 11.6 Å². The molecule has 20 heavy (non-hydrogen) atoms. The molecule has 112 valence electrons. The van der Waals surface area contributed by atoms with Crippen molar-refractivity contribution in [3.05, 3.63) is 33.3 Å². The Morgan fingerprint density at radius 1 is 1.50 bits per heavy atom. The summed E-state index contributed by atoms with van der Waals surface area (Å²) in [6.45, 7) is 7.84. The second kappa shape index (κ2) is 7.79. The molecule has 1 aromatic rings. The van der Waals surface area contributed by atoms with E-state index in [9.17, 15) is 0 Å². The fraction of sp³-hybridized carbons (Fsp3) is 0.625.